The molecule has 2 aromatic rings. The Morgan fingerprint density at radius 1 is 1.12 bits per heavy atom. The van der Waals surface area contributed by atoms with Crippen LogP contribution >= 0.6 is 0 Å². The second-order valence-electron chi connectivity index (χ2n) is 6.38. The molecule has 2 amide bonds. The molecule has 0 aromatic heterocycles. The van der Waals surface area contributed by atoms with Gasteiger partial charge in [0.2, 0.25) is 5.91 Å². The van der Waals surface area contributed by atoms with Crippen molar-refractivity contribution in [2.24, 2.45) is 5.10 Å². The topological polar surface area (TPSA) is 65.0 Å². The molecule has 0 unspecified atom stereocenters. The Labute approximate surface area is 153 Å². The van der Waals surface area contributed by atoms with E-state index in [4.69, 9.17) is 0 Å². The van der Waals surface area contributed by atoms with E-state index in [0.29, 0.717) is 12.0 Å². The van der Waals surface area contributed by atoms with E-state index in [1.807, 2.05) is 43.3 Å². The Bertz CT molecular complexity index is 811. The number of anilines is 2. The molecular weight excluding hydrogens is 328 g/mol. The maximum atomic E-state index is 12.2. The van der Waals surface area contributed by atoms with Crippen LogP contribution in [0.15, 0.2) is 53.6 Å². The zero-order valence-corrected chi connectivity index (χ0v) is 15.0. The molecule has 1 saturated heterocycles. The Morgan fingerprint density at radius 2 is 1.81 bits per heavy atom. The molecule has 1 fully saturated rings. The maximum Gasteiger partial charge on any atom is 0.271 e. The van der Waals surface area contributed by atoms with Gasteiger partial charge in [0.15, 0.2) is 0 Å². The summed E-state index contributed by atoms with van der Waals surface area (Å²) >= 11 is 0. The Balaban J connectivity index is 1.58. The highest BCUT2D eigenvalue weighted by atomic mass is 16.2. The molecule has 1 N–H and O–H groups in total. The van der Waals surface area contributed by atoms with Crippen molar-refractivity contribution in [3.05, 3.63) is 59.7 Å². The second-order valence-corrected chi connectivity index (χ2v) is 6.38. The van der Waals surface area contributed by atoms with Crippen LogP contribution in [0.25, 0.3) is 0 Å². The lowest BCUT2D eigenvalue weighted by molar-refractivity contribution is -0.117. The van der Waals surface area contributed by atoms with Gasteiger partial charge >= 0.3 is 0 Å². The van der Waals surface area contributed by atoms with Crippen molar-refractivity contribution in [2.45, 2.75) is 12.8 Å². The normalized spacial score (nSPS) is 14.1. The zero-order valence-electron chi connectivity index (χ0n) is 15.0. The molecule has 1 aliphatic rings. The second kappa shape index (κ2) is 7.82. The minimum Gasteiger partial charge on any atom is -0.378 e. The van der Waals surface area contributed by atoms with Gasteiger partial charge in [-0.05, 0) is 48.4 Å². The van der Waals surface area contributed by atoms with Gasteiger partial charge in [0, 0.05) is 44.0 Å². The van der Waals surface area contributed by atoms with E-state index >= 15 is 0 Å². The van der Waals surface area contributed by atoms with Crippen LogP contribution in [0.4, 0.5) is 11.4 Å². The number of carbonyl (C=O) groups excluding carboxylic acids is 2. The number of nitrogens with one attached hydrogen (secondary N) is 1. The summed E-state index contributed by atoms with van der Waals surface area (Å²) in [6.07, 6.45) is 3.08. The van der Waals surface area contributed by atoms with Crippen LogP contribution in [0, 0.1) is 0 Å². The third-order valence-corrected chi connectivity index (χ3v) is 4.30. The molecule has 3 rings (SSSR count). The minimum absolute atomic E-state index is 0.132. The first-order chi connectivity index (χ1) is 12.5. The molecule has 6 heteroatoms. The Kier molecular flexibility index (Phi) is 5.31. The van der Waals surface area contributed by atoms with E-state index in [2.05, 4.69) is 10.5 Å². The number of rotatable bonds is 5. The standard InChI is InChI=1S/C20H22N4O2/c1-23(2)17-9-5-15(6-10-17)14-21-22-20(26)16-7-11-18(12-8-16)24-13-3-4-19(24)25/h5-12,14H,3-4,13H2,1-2H3,(H,22,26)/b21-14-. The van der Waals surface area contributed by atoms with Crippen molar-refractivity contribution in [3.63, 3.8) is 0 Å². The fourth-order valence-corrected chi connectivity index (χ4v) is 2.80. The van der Waals surface area contributed by atoms with Gasteiger partial charge in [-0.1, -0.05) is 12.1 Å². The quantitative estimate of drug-likeness (QED) is 0.666. The average Bonchev–Trinajstić information content (AvgIpc) is 3.08. The van der Waals surface area contributed by atoms with Crippen LogP contribution in [-0.2, 0) is 4.79 Å². The first kappa shape index (κ1) is 17.7. The molecule has 0 bridgehead atoms. The van der Waals surface area contributed by atoms with Crippen molar-refractivity contribution in [1.29, 1.82) is 0 Å². The highest BCUT2D eigenvalue weighted by Crippen LogP contribution is 2.21. The lowest BCUT2D eigenvalue weighted by Gasteiger charge is -2.15. The van der Waals surface area contributed by atoms with E-state index in [1.165, 1.54) is 0 Å². The Morgan fingerprint density at radius 3 is 2.38 bits per heavy atom. The summed E-state index contributed by atoms with van der Waals surface area (Å²) in [5, 5.41) is 4.00. The van der Waals surface area contributed by atoms with Gasteiger partial charge in [-0.15, -0.1) is 0 Å². The molecule has 0 atom stereocenters. The molecule has 1 heterocycles. The van der Waals surface area contributed by atoms with Gasteiger partial charge in [-0.25, -0.2) is 5.43 Å². The zero-order chi connectivity index (χ0) is 18.5. The summed E-state index contributed by atoms with van der Waals surface area (Å²) in [5.41, 5.74) is 5.85. The van der Waals surface area contributed by atoms with Crippen LogP contribution < -0.4 is 15.2 Å². The van der Waals surface area contributed by atoms with Crippen molar-refractivity contribution in [3.8, 4) is 0 Å². The molecule has 134 valence electrons. The molecule has 0 radical (unpaired) electrons. The number of hydrogen-bond acceptors (Lipinski definition) is 4. The number of benzene rings is 2. The van der Waals surface area contributed by atoms with Crippen molar-refractivity contribution < 1.29 is 9.59 Å². The average molecular weight is 350 g/mol. The summed E-state index contributed by atoms with van der Waals surface area (Å²) < 4.78 is 0. The monoisotopic (exact) mass is 350 g/mol. The van der Waals surface area contributed by atoms with E-state index < -0.39 is 0 Å². The van der Waals surface area contributed by atoms with Crippen LogP contribution in [0.5, 0.6) is 0 Å². The molecule has 26 heavy (non-hydrogen) atoms. The SMILES string of the molecule is CN(C)c1ccc(/C=N\NC(=O)c2ccc(N3CCCC3=O)cc2)cc1. The van der Waals surface area contributed by atoms with Crippen molar-refractivity contribution in [1.82, 2.24) is 5.43 Å². The number of hydrazone groups is 1. The van der Waals surface area contributed by atoms with Crippen molar-refractivity contribution in [2.75, 3.05) is 30.4 Å². The van der Waals surface area contributed by atoms with E-state index in [9.17, 15) is 9.59 Å². The molecule has 0 aliphatic carbocycles. The van der Waals surface area contributed by atoms with Gasteiger partial charge in [0.1, 0.15) is 0 Å². The first-order valence-electron chi connectivity index (χ1n) is 8.56. The summed E-state index contributed by atoms with van der Waals surface area (Å²) in [6.45, 7) is 0.737. The minimum atomic E-state index is -0.287. The molecule has 1 aliphatic heterocycles. The largest absolute Gasteiger partial charge is 0.378 e. The van der Waals surface area contributed by atoms with Crippen LogP contribution in [-0.4, -0.2) is 38.7 Å². The smallest absolute Gasteiger partial charge is 0.271 e. The number of carbonyl (C=O) groups is 2. The number of amides is 2. The summed E-state index contributed by atoms with van der Waals surface area (Å²) in [7, 11) is 3.96. The lowest BCUT2D eigenvalue weighted by atomic mass is 10.2. The predicted octanol–water partition coefficient (Wildman–Crippen LogP) is 2.64. The molecule has 0 spiro atoms. The molecule has 0 saturated carbocycles. The molecular formula is C20H22N4O2. The highest BCUT2D eigenvalue weighted by Gasteiger charge is 2.21. The molecule has 6 nitrogen and oxygen atoms in total. The van der Waals surface area contributed by atoms with Crippen LogP contribution in [0.2, 0.25) is 0 Å². The van der Waals surface area contributed by atoms with Gasteiger partial charge in [0.05, 0.1) is 6.21 Å². The van der Waals surface area contributed by atoms with E-state index in [0.717, 1.165) is 29.9 Å². The van der Waals surface area contributed by atoms with Gasteiger partial charge in [-0.3, -0.25) is 9.59 Å². The first-order valence-corrected chi connectivity index (χ1v) is 8.56. The van der Waals surface area contributed by atoms with Crippen LogP contribution in [0.3, 0.4) is 0 Å². The van der Waals surface area contributed by atoms with Crippen molar-refractivity contribution >= 4 is 29.4 Å². The molecule has 2 aromatic carbocycles. The Hall–Kier alpha value is -3.15. The highest BCUT2D eigenvalue weighted by molar-refractivity contribution is 5.97. The number of nitrogens with zero attached hydrogens (tertiary/aromatic N) is 3. The summed E-state index contributed by atoms with van der Waals surface area (Å²) in [4.78, 5) is 27.7. The summed E-state index contributed by atoms with van der Waals surface area (Å²) in [6, 6.07) is 14.8. The fourth-order valence-electron chi connectivity index (χ4n) is 2.80. The summed E-state index contributed by atoms with van der Waals surface area (Å²) in [5.74, 6) is -0.155. The number of hydrogen-bond donors (Lipinski definition) is 1. The third kappa shape index (κ3) is 4.08. The van der Waals surface area contributed by atoms with E-state index in [1.54, 1.807) is 35.4 Å². The predicted molar refractivity (Wildman–Crippen MR) is 104 cm³/mol. The maximum absolute atomic E-state index is 12.2. The fraction of sp³-hybridized carbons (Fsp3) is 0.250. The van der Waals surface area contributed by atoms with Gasteiger partial charge in [-0.2, -0.15) is 5.10 Å². The lowest BCUT2D eigenvalue weighted by Crippen LogP contribution is -2.24. The van der Waals surface area contributed by atoms with Gasteiger partial charge < -0.3 is 9.80 Å². The third-order valence-electron chi connectivity index (χ3n) is 4.30. The van der Waals surface area contributed by atoms with Crippen LogP contribution in [0.1, 0.15) is 28.8 Å². The van der Waals surface area contributed by atoms with E-state index in [-0.39, 0.29) is 11.8 Å². The van der Waals surface area contributed by atoms with Gasteiger partial charge in [0.25, 0.3) is 5.91 Å².